The molecule has 2 heterocycles. The first kappa shape index (κ1) is 20.9. The molecule has 1 aromatic heterocycles. The second kappa shape index (κ2) is 7.90. The van der Waals surface area contributed by atoms with Crippen LogP contribution in [0.15, 0.2) is 30.6 Å². The van der Waals surface area contributed by atoms with Gasteiger partial charge in [-0.25, -0.2) is 18.7 Å². The van der Waals surface area contributed by atoms with Gasteiger partial charge in [-0.3, -0.25) is 9.53 Å². The van der Waals surface area contributed by atoms with E-state index in [-0.39, 0.29) is 23.6 Å². The molecule has 3 atom stereocenters. The number of aromatic nitrogens is 2. The van der Waals surface area contributed by atoms with Crippen LogP contribution in [0.3, 0.4) is 0 Å². The lowest BCUT2D eigenvalue weighted by atomic mass is 10.00. The molecule has 1 aromatic carbocycles. The number of hydrogen-bond donors (Lipinski definition) is 1. The Balaban J connectivity index is 1.65. The van der Waals surface area contributed by atoms with Crippen LogP contribution >= 0.6 is 0 Å². The number of benzene rings is 1. The Kier molecular flexibility index (Phi) is 5.69. The third-order valence-corrected chi connectivity index (χ3v) is 4.58. The van der Waals surface area contributed by atoms with E-state index in [1.807, 2.05) is 0 Å². The largest absolute Gasteiger partial charge is 0.522 e. The predicted octanol–water partition coefficient (Wildman–Crippen LogP) is 3.36. The highest BCUT2D eigenvalue weighted by molar-refractivity contribution is 5.85. The molecule has 0 bridgehead atoms. The number of nitrogens with zero attached hydrogens (tertiary/aromatic N) is 3. The number of rotatable bonds is 5. The maximum absolute atomic E-state index is 13.9. The van der Waals surface area contributed by atoms with Crippen LogP contribution < -0.4 is 5.32 Å². The molecule has 2 aromatic rings. The van der Waals surface area contributed by atoms with E-state index >= 15 is 0 Å². The van der Waals surface area contributed by atoms with E-state index in [1.165, 1.54) is 30.9 Å². The van der Waals surface area contributed by atoms with Crippen molar-refractivity contribution >= 4 is 11.7 Å². The van der Waals surface area contributed by atoms with Gasteiger partial charge in [-0.1, -0.05) is 0 Å². The van der Waals surface area contributed by atoms with Crippen LogP contribution in [0.4, 0.5) is 27.8 Å². The molecule has 0 aliphatic carbocycles. The van der Waals surface area contributed by atoms with Crippen molar-refractivity contribution in [2.45, 2.75) is 38.4 Å². The van der Waals surface area contributed by atoms with Crippen molar-refractivity contribution in [1.82, 2.24) is 14.9 Å². The van der Waals surface area contributed by atoms with Gasteiger partial charge in [0.15, 0.2) is 0 Å². The molecule has 156 valence electrons. The van der Waals surface area contributed by atoms with Crippen LogP contribution in [-0.4, -0.2) is 51.9 Å². The zero-order valence-electron chi connectivity index (χ0n) is 15.4. The number of carbonyl (C=O) groups is 1. The third-order valence-electron chi connectivity index (χ3n) is 4.58. The third kappa shape index (κ3) is 4.78. The van der Waals surface area contributed by atoms with Gasteiger partial charge in [0, 0.05) is 24.2 Å². The Morgan fingerprint density at radius 1 is 1.28 bits per heavy atom. The Morgan fingerprint density at radius 2 is 2.00 bits per heavy atom. The highest BCUT2D eigenvalue weighted by atomic mass is 19.4. The lowest BCUT2D eigenvalue weighted by Crippen LogP contribution is -2.64. The van der Waals surface area contributed by atoms with Gasteiger partial charge in [-0.2, -0.15) is 0 Å². The Labute approximate surface area is 162 Å². The molecule has 29 heavy (non-hydrogen) atoms. The molecule has 1 aliphatic rings. The Morgan fingerprint density at radius 3 is 2.62 bits per heavy atom. The van der Waals surface area contributed by atoms with Crippen molar-refractivity contribution in [3.05, 3.63) is 42.2 Å². The van der Waals surface area contributed by atoms with Gasteiger partial charge in [0.05, 0.1) is 11.7 Å². The minimum Gasteiger partial charge on any atom is -0.359 e. The van der Waals surface area contributed by atoms with Crippen LogP contribution in [0.25, 0.3) is 11.3 Å². The molecule has 1 amide bonds. The molecule has 0 unspecified atom stereocenters. The van der Waals surface area contributed by atoms with Gasteiger partial charge < -0.3 is 10.2 Å². The molecule has 0 radical (unpaired) electrons. The van der Waals surface area contributed by atoms with Crippen LogP contribution in [0.5, 0.6) is 0 Å². The van der Waals surface area contributed by atoms with Gasteiger partial charge in [0.2, 0.25) is 5.91 Å². The number of amides is 1. The summed E-state index contributed by atoms with van der Waals surface area (Å²) in [5.41, 5.74) is 0.231. The SMILES string of the molecule is C[C@@H](Nc1cc(-c2ccc(F)cc2F)ncn1)C(=O)N1C[C@H](OC(F)(F)F)[C@@H]1C. The average molecular weight is 416 g/mol. The molecule has 3 rings (SSSR count). The van der Waals surface area contributed by atoms with Gasteiger partial charge in [0.25, 0.3) is 0 Å². The molecule has 6 nitrogen and oxygen atoms in total. The van der Waals surface area contributed by atoms with Crippen LogP contribution in [-0.2, 0) is 9.53 Å². The summed E-state index contributed by atoms with van der Waals surface area (Å²) in [6.07, 6.45) is -4.72. The zero-order valence-corrected chi connectivity index (χ0v) is 15.4. The standard InChI is InChI=1S/C18H17F5N4O2/c1-9(17(28)27-7-15(10(27)2)29-18(21,22)23)26-16-6-14(24-8-25-16)12-4-3-11(19)5-13(12)20/h3-6,8-10,15H,7H2,1-2H3,(H,24,25,26)/t9-,10+,15+/m1/s1. The number of halogens is 5. The second-order valence-corrected chi connectivity index (χ2v) is 6.61. The fraction of sp³-hybridized carbons (Fsp3) is 0.389. The molecule has 11 heteroatoms. The maximum Gasteiger partial charge on any atom is 0.522 e. The molecule has 1 saturated heterocycles. The van der Waals surface area contributed by atoms with Gasteiger partial charge in [0.1, 0.15) is 35.9 Å². The first-order chi connectivity index (χ1) is 13.5. The van der Waals surface area contributed by atoms with Gasteiger partial charge in [-0.05, 0) is 26.0 Å². The fourth-order valence-electron chi connectivity index (χ4n) is 2.99. The lowest BCUT2D eigenvalue weighted by molar-refractivity contribution is -0.359. The van der Waals surface area contributed by atoms with E-state index in [4.69, 9.17) is 0 Å². The van der Waals surface area contributed by atoms with Gasteiger partial charge >= 0.3 is 6.36 Å². The summed E-state index contributed by atoms with van der Waals surface area (Å²) in [4.78, 5) is 21.6. The topological polar surface area (TPSA) is 67.4 Å². The van der Waals surface area contributed by atoms with E-state index in [9.17, 15) is 26.7 Å². The number of ether oxygens (including phenoxy) is 1. The smallest absolute Gasteiger partial charge is 0.359 e. The van der Waals surface area contributed by atoms with Crippen LogP contribution in [0.2, 0.25) is 0 Å². The number of carbonyl (C=O) groups excluding carboxylic acids is 1. The van der Waals surface area contributed by atoms with Crippen molar-refractivity contribution < 1.29 is 31.5 Å². The molecule has 1 fully saturated rings. The number of nitrogens with one attached hydrogen (secondary N) is 1. The number of alkyl halides is 3. The summed E-state index contributed by atoms with van der Waals surface area (Å²) in [6.45, 7) is 2.80. The fourth-order valence-corrected chi connectivity index (χ4v) is 2.99. The lowest BCUT2D eigenvalue weighted by Gasteiger charge is -2.46. The number of hydrogen-bond acceptors (Lipinski definition) is 5. The molecule has 0 spiro atoms. The molecule has 1 N–H and O–H groups in total. The monoisotopic (exact) mass is 416 g/mol. The second-order valence-electron chi connectivity index (χ2n) is 6.61. The summed E-state index contributed by atoms with van der Waals surface area (Å²) in [5, 5.41) is 2.81. The molecular weight excluding hydrogens is 399 g/mol. The average Bonchev–Trinajstić information content (AvgIpc) is 2.63. The molecule has 1 aliphatic heterocycles. The van der Waals surface area contributed by atoms with Crippen molar-refractivity contribution in [3.63, 3.8) is 0 Å². The highest BCUT2D eigenvalue weighted by Crippen LogP contribution is 2.29. The minimum atomic E-state index is -4.76. The van der Waals surface area contributed by atoms with Crippen LogP contribution in [0.1, 0.15) is 13.8 Å². The summed E-state index contributed by atoms with van der Waals surface area (Å²) >= 11 is 0. The summed E-state index contributed by atoms with van der Waals surface area (Å²) in [7, 11) is 0. The normalized spacial score (nSPS) is 20.2. The minimum absolute atomic E-state index is 0.0549. The molecule has 0 saturated carbocycles. The van der Waals surface area contributed by atoms with E-state index in [2.05, 4.69) is 20.0 Å². The Bertz CT molecular complexity index is 908. The summed E-state index contributed by atoms with van der Waals surface area (Å²) in [5.74, 6) is -1.76. The Hall–Kier alpha value is -2.82. The zero-order chi connectivity index (χ0) is 21.3. The van der Waals surface area contributed by atoms with Crippen molar-refractivity contribution in [2.24, 2.45) is 0 Å². The number of likely N-dealkylation sites (tertiary alicyclic amines) is 1. The molecular formula is C18H17F5N4O2. The van der Waals surface area contributed by atoms with E-state index in [0.717, 1.165) is 18.5 Å². The predicted molar refractivity (Wildman–Crippen MR) is 92.6 cm³/mol. The van der Waals surface area contributed by atoms with Gasteiger partial charge in [-0.15, -0.1) is 13.2 Å². The van der Waals surface area contributed by atoms with E-state index in [1.54, 1.807) is 0 Å². The van der Waals surface area contributed by atoms with E-state index in [0.29, 0.717) is 0 Å². The number of anilines is 1. The summed E-state index contributed by atoms with van der Waals surface area (Å²) in [6, 6.07) is 2.88. The van der Waals surface area contributed by atoms with Crippen molar-refractivity contribution in [3.8, 4) is 11.3 Å². The van der Waals surface area contributed by atoms with E-state index < -0.39 is 42.1 Å². The first-order valence-electron chi connectivity index (χ1n) is 8.64. The van der Waals surface area contributed by atoms with Crippen LogP contribution in [0, 0.1) is 11.6 Å². The van der Waals surface area contributed by atoms with Crippen molar-refractivity contribution in [2.75, 3.05) is 11.9 Å². The maximum atomic E-state index is 13.9. The summed E-state index contributed by atoms with van der Waals surface area (Å²) < 4.78 is 67.9. The van der Waals surface area contributed by atoms with Crippen molar-refractivity contribution in [1.29, 1.82) is 0 Å². The highest BCUT2D eigenvalue weighted by Gasteiger charge is 2.46. The quantitative estimate of drug-likeness (QED) is 0.758. The first-order valence-corrected chi connectivity index (χ1v) is 8.64.